The van der Waals surface area contributed by atoms with Crippen LogP contribution in [0.15, 0.2) is 25.3 Å². The molecule has 0 aromatic rings. The molecule has 0 aliphatic rings. The van der Waals surface area contributed by atoms with Crippen molar-refractivity contribution in [2.45, 2.75) is 13.3 Å². The Morgan fingerprint density at radius 2 is 1.50 bits per heavy atom. The van der Waals surface area contributed by atoms with Gasteiger partial charge in [0.2, 0.25) is 0 Å². The molecule has 0 aliphatic carbocycles. The van der Waals surface area contributed by atoms with Crippen LogP contribution in [0.5, 0.6) is 0 Å². The minimum absolute atomic E-state index is 0.102. The predicted octanol–water partition coefficient (Wildman–Crippen LogP) is 3.40. The quantitative estimate of drug-likeness (QED) is 0.321. The molecule has 0 amide bonds. The van der Waals surface area contributed by atoms with Crippen LogP contribution in [0.2, 0.25) is 0 Å². The van der Waals surface area contributed by atoms with Crippen LogP contribution < -0.4 is 0 Å². The molecule has 5 nitrogen and oxygen atoms in total. The first-order valence-corrected chi connectivity index (χ1v) is 9.99. The molecular weight excluding hydrogens is 326 g/mol. The van der Waals surface area contributed by atoms with Crippen molar-refractivity contribution < 1.29 is 23.8 Å². The molecule has 0 rings (SSSR count). The van der Waals surface area contributed by atoms with Crippen LogP contribution in [-0.4, -0.2) is 42.8 Å². The molecule has 20 heavy (non-hydrogen) atoms. The number of rotatable bonds is 12. The summed E-state index contributed by atoms with van der Waals surface area (Å²) in [6.07, 6.45) is 3.85. The van der Waals surface area contributed by atoms with E-state index in [-0.39, 0.29) is 19.8 Å². The second-order valence-electron chi connectivity index (χ2n) is 4.49. The van der Waals surface area contributed by atoms with Gasteiger partial charge in [0.25, 0.3) is 0 Å². The number of ether oxygens (including phenoxy) is 2. The van der Waals surface area contributed by atoms with Gasteiger partial charge >= 0.3 is 129 Å². The standard InChI is InChI=1S/C12H23Cl2O5P/c1-4-7-17-9-12(6-3,10-18-8-5-2)11-19-20(13,14,15)16/h4-5,15-16H,1-2,6-11H2,3H3. The Kier molecular flexibility index (Phi) is 8.79. The van der Waals surface area contributed by atoms with Gasteiger partial charge in [0.1, 0.15) is 0 Å². The van der Waals surface area contributed by atoms with Crippen molar-refractivity contribution >= 4 is 28.5 Å². The zero-order valence-corrected chi connectivity index (χ0v) is 14.0. The van der Waals surface area contributed by atoms with Gasteiger partial charge in [-0.05, 0) is 0 Å². The maximum atomic E-state index is 9.37. The van der Waals surface area contributed by atoms with Gasteiger partial charge < -0.3 is 0 Å². The summed E-state index contributed by atoms with van der Waals surface area (Å²) in [6, 6.07) is 0. The molecule has 0 fully saturated rings. The van der Waals surface area contributed by atoms with Crippen molar-refractivity contribution in [2.75, 3.05) is 33.0 Å². The van der Waals surface area contributed by atoms with Gasteiger partial charge in [0.15, 0.2) is 0 Å². The van der Waals surface area contributed by atoms with Crippen molar-refractivity contribution in [3.8, 4) is 0 Å². The average molecular weight is 349 g/mol. The van der Waals surface area contributed by atoms with Crippen LogP contribution in [0.4, 0.5) is 0 Å². The van der Waals surface area contributed by atoms with Gasteiger partial charge in [-0.2, -0.15) is 0 Å². The normalized spacial score (nSPS) is 14.6. The van der Waals surface area contributed by atoms with Crippen molar-refractivity contribution in [2.24, 2.45) is 5.41 Å². The van der Waals surface area contributed by atoms with E-state index in [0.29, 0.717) is 19.6 Å². The molecule has 0 heterocycles. The molecule has 0 saturated heterocycles. The van der Waals surface area contributed by atoms with Crippen molar-refractivity contribution in [3.63, 3.8) is 0 Å². The summed E-state index contributed by atoms with van der Waals surface area (Å²) in [5.74, 6) is -5.05. The molecule has 0 unspecified atom stereocenters. The average Bonchev–Trinajstić information content (AvgIpc) is 2.34. The van der Waals surface area contributed by atoms with Gasteiger partial charge in [-0.3, -0.25) is 0 Å². The van der Waals surface area contributed by atoms with Crippen LogP contribution in [0.3, 0.4) is 0 Å². The van der Waals surface area contributed by atoms with Gasteiger partial charge in [0.05, 0.1) is 0 Å². The molecular formula is C12H23Cl2O5P. The SMILES string of the molecule is C=CCOCC(CC)(COCC=C)COP(O)(O)(Cl)Cl. The molecule has 8 heteroatoms. The zero-order chi connectivity index (χ0) is 15.7. The Morgan fingerprint density at radius 1 is 1.05 bits per heavy atom. The maximum absolute atomic E-state index is 9.37. The molecule has 0 radical (unpaired) electrons. The zero-order valence-electron chi connectivity index (χ0n) is 11.6. The summed E-state index contributed by atoms with van der Waals surface area (Å²) < 4.78 is 15.8. The summed E-state index contributed by atoms with van der Waals surface area (Å²) >= 11 is 10.7. The Balaban J connectivity index is 4.71. The topological polar surface area (TPSA) is 68.2 Å². The summed E-state index contributed by atoms with van der Waals surface area (Å²) in [5.41, 5.74) is -0.593. The van der Waals surface area contributed by atoms with Crippen LogP contribution in [-0.2, 0) is 14.0 Å². The summed E-state index contributed by atoms with van der Waals surface area (Å²) in [5, 5.41) is 0. The van der Waals surface area contributed by atoms with E-state index in [4.69, 9.17) is 36.5 Å². The second kappa shape index (κ2) is 8.66. The van der Waals surface area contributed by atoms with E-state index in [9.17, 15) is 9.79 Å². The van der Waals surface area contributed by atoms with Crippen molar-refractivity contribution in [1.82, 2.24) is 0 Å². The molecule has 0 aromatic heterocycles. The second-order valence-corrected chi connectivity index (χ2v) is 10.4. The van der Waals surface area contributed by atoms with E-state index in [0.717, 1.165) is 0 Å². The van der Waals surface area contributed by atoms with Crippen molar-refractivity contribution in [1.29, 1.82) is 0 Å². The van der Waals surface area contributed by atoms with Gasteiger partial charge in [-0.15, -0.1) is 0 Å². The fraction of sp³-hybridized carbons (Fsp3) is 0.667. The van der Waals surface area contributed by atoms with Crippen LogP contribution in [0.1, 0.15) is 13.3 Å². The molecule has 0 aromatic carbocycles. The predicted molar refractivity (Wildman–Crippen MR) is 83.8 cm³/mol. The van der Waals surface area contributed by atoms with E-state index in [2.05, 4.69) is 13.2 Å². The fourth-order valence-corrected chi connectivity index (χ4v) is 2.17. The van der Waals surface area contributed by atoms with Crippen LogP contribution in [0, 0.1) is 5.41 Å². The molecule has 0 atom stereocenters. The Bertz CT molecular complexity index is 293. The van der Waals surface area contributed by atoms with E-state index < -0.39 is 11.4 Å². The third-order valence-corrected chi connectivity index (χ3v) is 3.76. The Labute approximate surface area is 129 Å². The first kappa shape index (κ1) is 20.3. The first-order chi connectivity index (χ1) is 9.14. The monoisotopic (exact) mass is 348 g/mol. The van der Waals surface area contributed by atoms with Gasteiger partial charge in [-0.1, -0.05) is 0 Å². The molecule has 0 saturated carbocycles. The number of halogens is 2. The molecule has 0 aliphatic heterocycles. The first-order valence-electron chi connectivity index (χ1n) is 6.12. The number of hydrogen-bond acceptors (Lipinski definition) is 5. The third kappa shape index (κ3) is 10.1. The van der Waals surface area contributed by atoms with Gasteiger partial charge in [-0.25, -0.2) is 0 Å². The van der Waals surface area contributed by atoms with Crippen molar-refractivity contribution in [3.05, 3.63) is 25.3 Å². The van der Waals surface area contributed by atoms with E-state index >= 15 is 0 Å². The minimum atomic E-state index is -5.05. The molecule has 0 spiro atoms. The Hall–Kier alpha value is 0.290. The molecule has 120 valence electrons. The summed E-state index contributed by atoms with van der Waals surface area (Å²) in [4.78, 5) is 18.7. The Morgan fingerprint density at radius 3 is 1.80 bits per heavy atom. The number of hydrogen-bond donors (Lipinski definition) is 2. The fourth-order valence-electron chi connectivity index (χ4n) is 1.39. The molecule has 0 bridgehead atoms. The van der Waals surface area contributed by atoms with E-state index in [1.807, 2.05) is 6.92 Å². The molecule has 2 N–H and O–H groups in total. The van der Waals surface area contributed by atoms with Gasteiger partial charge in [0, 0.05) is 0 Å². The summed E-state index contributed by atoms with van der Waals surface area (Å²) in [6.45, 7) is 10.2. The van der Waals surface area contributed by atoms with Crippen LogP contribution in [0.25, 0.3) is 0 Å². The van der Waals surface area contributed by atoms with E-state index in [1.54, 1.807) is 12.2 Å². The van der Waals surface area contributed by atoms with E-state index in [1.165, 1.54) is 0 Å². The summed E-state index contributed by atoms with van der Waals surface area (Å²) in [7, 11) is 0. The van der Waals surface area contributed by atoms with Crippen LogP contribution >= 0.6 is 28.5 Å². The third-order valence-electron chi connectivity index (χ3n) is 2.62.